The van der Waals surface area contributed by atoms with E-state index in [0.29, 0.717) is 11.5 Å². The average Bonchev–Trinajstić information content (AvgIpc) is 2.39. The number of carboxylic acid groups (broad SMARTS) is 1. The maximum absolute atomic E-state index is 11.2. The summed E-state index contributed by atoms with van der Waals surface area (Å²) in [5.74, 6) is -0.323. The molecule has 1 rings (SSSR count). The number of hydrogen-bond acceptors (Lipinski definition) is 1. The Morgan fingerprint density at radius 1 is 1.21 bits per heavy atom. The molecule has 0 aliphatic carbocycles. The van der Waals surface area contributed by atoms with Crippen LogP contribution in [0.5, 0.6) is 0 Å². The van der Waals surface area contributed by atoms with Crippen LogP contribution in [0.15, 0.2) is 18.2 Å². The van der Waals surface area contributed by atoms with Crippen LogP contribution in [0.2, 0.25) is 0 Å². The minimum atomic E-state index is -0.819. The van der Waals surface area contributed by atoms with Crippen molar-refractivity contribution in [1.29, 1.82) is 0 Å². The fourth-order valence-corrected chi connectivity index (χ4v) is 2.72. The number of unbranched alkanes of at least 4 members (excludes halogenated alkanes) is 3. The summed E-state index contributed by atoms with van der Waals surface area (Å²) >= 11 is 0. The van der Waals surface area contributed by atoms with Gasteiger partial charge in [-0.15, -0.1) is 0 Å². The van der Waals surface area contributed by atoms with Crippen molar-refractivity contribution in [1.82, 2.24) is 0 Å². The van der Waals surface area contributed by atoms with Crippen molar-refractivity contribution in [3.63, 3.8) is 0 Å². The molecular formula is C17H26O2. The highest BCUT2D eigenvalue weighted by atomic mass is 16.4. The van der Waals surface area contributed by atoms with E-state index < -0.39 is 5.97 Å². The minimum absolute atomic E-state index is 0.449. The first-order valence-corrected chi connectivity index (χ1v) is 7.44. The second-order valence-corrected chi connectivity index (χ2v) is 5.28. The van der Waals surface area contributed by atoms with Crippen LogP contribution in [-0.4, -0.2) is 11.1 Å². The Labute approximate surface area is 116 Å². The molecular weight excluding hydrogens is 236 g/mol. The summed E-state index contributed by atoms with van der Waals surface area (Å²) in [5, 5.41) is 9.19. The Bertz CT molecular complexity index is 410. The third-order valence-corrected chi connectivity index (χ3v) is 3.94. The molecule has 0 amide bonds. The lowest BCUT2D eigenvalue weighted by atomic mass is 9.86. The fourth-order valence-electron chi connectivity index (χ4n) is 2.72. The van der Waals surface area contributed by atoms with Crippen LogP contribution >= 0.6 is 0 Å². The van der Waals surface area contributed by atoms with E-state index in [1.165, 1.54) is 37.7 Å². The molecule has 1 atom stereocenters. The molecule has 1 N–H and O–H groups in total. The molecule has 0 aliphatic heterocycles. The zero-order valence-corrected chi connectivity index (χ0v) is 12.4. The molecule has 19 heavy (non-hydrogen) atoms. The van der Waals surface area contributed by atoms with Crippen molar-refractivity contribution in [3.8, 4) is 0 Å². The molecule has 1 unspecified atom stereocenters. The largest absolute Gasteiger partial charge is 0.478 e. The van der Waals surface area contributed by atoms with Crippen LogP contribution in [0.4, 0.5) is 0 Å². The Hall–Kier alpha value is -1.31. The summed E-state index contributed by atoms with van der Waals surface area (Å²) in [6, 6.07) is 5.67. The summed E-state index contributed by atoms with van der Waals surface area (Å²) in [5.41, 5.74) is 2.61. The highest BCUT2D eigenvalue weighted by Gasteiger charge is 2.16. The van der Waals surface area contributed by atoms with Gasteiger partial charge in [0.25, 0.3) is 0 Å². The van der Waals surface area contributed by atoms with Gasteiger partial charge in [0.15, 0.2) is 0 Å². The van der Waals surface area contributed by atoms with E-state index in [1.807, 2.05) is 13.0 Å². The molecule has 1 aromatic carbocycles. The lowest BCUT2D eigenvalue weighted by molar-refractivity contribution is 0.0696. The Kier molecular flexibility index (Phi) is 6.61. The molecule has 1 aromatic rings. The van der Waals surface area contributed by atoms with Gasteiger partial charge in [0.1, 0.15) is 0 Å². The first-order chi connectivity index (χ1) is 9.11. The first kappa shape index (κ1) is 15.7. The molecule has 0 radical (unpaired) electrons. The lowest BCUT2D eigenvalue weighted by Crippen LogP contribution is -2.06. The molecule has 0 fully saturated rings. The van der Waals surface area contributed by atoms with Gasteiger partial charge < -0.3 is 5.11 Å². The van der Waals surface area contributed by atoms with Crippen molar-refractivity contribution in [2.75, 3.05) is 0 Å². The average molecular weight is 262 g/mol. The van der Waals surface area contributed by atoms with Gasteiger partial charge in [-0.3, -0.25) is 0 Å². The minimum Gasteiger partial charge on any atom is -0.478 e. The zero-order valence-electron chi connectivity index (χ0n) is 12.4. The van der Waals surface area contributed by atoms with Gasteiger partial charge >= 0.3 is 5.97 Å². The molecule has 0 saturated carbocycles. The van der Waals surface area contributed by atoms with Gasteiger partial charge in [-0.2, -0.15) is 0 Å². The number of benzene rings is 1. The van der Waals surface area contributed by atoms with Gasteiger partial charge in [0.05, 0.1) is 5.56 Å². The number of aromatic carboxylic acids is 1. The SMILES string of the molecule is CCCCCCC(CC)c1cccc(C(=O)O)c1C. The molecule has 2 nitrogen and oxygen atoms in total. The maximum atomic E-state index is 11.2. The van der Waals surface area contributed by atoms with E-state index in [2.05, 4.69) is 19.9 Å². The van der Waals surface area contributed by atoms with E-state index in [-0.39, 0.29) is 0 Å². The van der Waals surface area contributed by atoms with Crippen LogP contribution in [0.25, 0.3) is 0 Å². The standard InChI is InChI=1S/C17H26O2/c1-4-6-7-8-10-14(5-2)15-11-9-12-16(13(15)3)17(18)19/h9,11-12,14H,4-8,10H2,1-3H3,(H,18,19). The number of carbonyl (C=O) groups is 1. The fraction of sp³-hybridized carbons (Fsp3) is 0.588. The monoisotopic (exact) mass is 262 g/mol. The molecule has 2 heteroatoms. The number of carboxylic acids is 1. The van der Waals surface area contributed by atoms with Crippen molar-refractivity contribution in [2.45, 2.75) is 65.2 Å². The smallest absolute Gasteiger partial charge is 0.335 e. The molecule has 0 saturated heterocycles. The Morgan fingerprint density at radius 3 is 2.53 bits per heavy atom. The molecule has 0 aromatic heterocycles. The molecule has 0 bridgehead atoms. The molecule has 0 aliphatic rings. The van der Waals surface area contributed by atoms with E-state index in [1.54, 1.807) is 6.07 Å². The quantitative estimate of drug-likeness (QED) is 0.657. The topological polar surface area (TPSA) is 37.3 Å². The van der Waals surface area contributed by atoms with Crippen LogP contribution in [0.3, 0.4) is 0 Å². The predicted molar refractivity (Wildman–Crippen MR) is 79.9 cm³/mol. The van der Waals surface area contributed by atoms with Crippen LogP contribution in [0.1, 0.15) is 79.8 Å². The van der Waals surface area contributed by atoms with Gasteiger partial charge in [-0.05, 0) is 42.9 Å². The molecule has 0 heterocycles. The van der Waals surface area contributed by atoms with E-state index in [4.69, 9.17) is 0 Å². The van der Waals surface area contributed by atoms with Crippen molar-refractivity contribution in [3.05, 3.63) is 34.9 Å². The van der Waals surface area contributed by atoms with Crippen LogP contribution in [0, 0.1) is 6.92 Å². The second kappa shape index (κ2) is 7.98. The summed E-state index contributed by atoms with van der Waals surface area (Å²) in [6.07, 6.45) is 7.32. The highest BCUT2D eigenvalue weighted by Crippen LogP contribution is 2.29. The van der Waals surface area contributed by atoms with E-state index >= 15 is 0 Å². The van der Waals surface area contributed by atoms with Gasteiger partial charge in [0.2, 0.25) is 0 Å². The normalized spacial score (nSPS) is 12.4. The Balaban J connectivity index is 2.80. The predicted octanol–water partition coefficient (Wildman–Crippen LogP) is 5.16. The third-order valence-electron chi connectivity index (χ3n) is 3.94. The van der Waals surface area contributed by atoms with E-state index in [9.17, 15) is 9.90 Å². The third kappa shape index (κ3) is 4.38. The summed E-state index contributed by atoms with van der Waals surface area (Å²) < 4.78 is 0. The van der Waals surface area contributed by atoms with E-state index in [0.717, 1.165) is 12.0 Å². The molecule has 0 spiro atoms. The number of hydrogen-bond donors (Lipinski definition) is 1. The summed E-state index contributed by atoms with van der Waals surface area (Å²) in [4.78, 5) is 11.2. The molecule has 106 valence electrons. The van der Waals surface area contributed by atoms with Gasteiger partial charge in [-0.1, -0.05) is 51.7 Å². The van der Waals surface area contributed by atoms with Crippen molar-refractivity contribution >= 4 is 5.97 Å². The second-order valence-electron chi connectivity index (χ2n) is 5.28. The lowest BCUT2D eigenvalue weighted by Gasteiger charge is -2.19. The highest BCUT2D eigenvalue weighted by molar-refractivity contribution is 5.89. The summed E-state index contributed by atoms with van der Waals surface area (Å²) in [6.45, 7) is 6.35. The van der Waals surface area contributed by atoms with Gasteiger partial charge in [-0.25, -0.2) is 4.79 Å². The van der Waals surface area contributed by atoms with Crippen LogP contribution in [-0.2, 0) is 0 Å². The van der Waals surface area contributed by atoms with Crippen molar-refractivity contribution in [2.24, 2.45) is 0 Å². The number of rotatable bonds is 8. The van der Waals surface area contributed by atoms with Crippen molar-refractivity contribution < 1.29 is 9.90 Å². The van der Waals surface area contributed by atoms with Gasteiger partial charge in [0, 0.05) is 0 Å². The zero-order chi connectivity index (χ0) is 14.3. The Morgan fingerprint density at radius 2 is 1.95 bits per heavy atom. The van der Waals surface area contributed by atoms with Crippen LogP contribution < -0.4 is 0 Å². The summed E-state index contributed by atoms with van der Waals surface area (Å²) in [7, 11) is 0. The maximum Gasteiger partial charge on any atom is 0.335 e. The first-order valence-electron chi connectivity index (χ1n) is 7.44.